The predicted molar refractivity (Wildman–Crippen MR) is 84.4 cm³/mol. The largest absolute Gasteiger partial charge is 0.305 e. The molecule has 3 heteroatoms. The summed E-state index contributed by atoms with van der Waals surface area (Å²) in [5.41, 5.74) is 2.59. The van der Waals surface area contributed by atoms with Crippen LogP contribution in [0.25, 0.3) is 5.69 Å². The predicted octanol–water partition coefficient (Wildman–Crippen LogP) is 4.21. The van der Waals surface area contributed by atoms with Crippen molar-refractivity contribution in [3.63, 3.8) is 0 Å². The number of aromatic nitrogens is 2. The van der Waals surface area contributed by atoms with Gasteiger partial charge in [0.15, 0.2) is 0 Å². The van der Waals surface area contributed by atoms with Crippen molar-refractivity contribution in [1.82, 2.24) is 9.55 Å². The molecule has 3 aromatic rings. The molecule has 0 fully saturated rings. The molecule has 0 atom stereocenters. The first-order valence-electron chi connectivity index (χ1n) is 6.67. The van der Waals surface area contributed by atoms with Crippen LogP contribution in [0.15, 0.2) is 78.2 Å². The average molecular weight is 280 g/mol. The lowest BCUT2D eigenvalue weighted by Crippen LogP contribution is -1.94. The third-order valence-corrected chi connectivity index (χ3v) is 4.20. The third kappa shape index (κ3) is 3.11. The van der Waals surface area contributed by atoms with Crippen molar-refractivity contribution in [2.75, 3.05) is 5.75 Å². The van der Waals surface area contributed by atoms with Crippen molar-refractivity contribution < 1.29 is 0 Å². The van der Waals surface area contributed by atoms with E-state index in [-0.39, 0.29) is 0 Å². The fourth-order valence-electron chi connectivity index (χ4n) is 2.12. The van der Waals surface area contributed by atoms with Gasteiger partial charge in [-0.2, -0.15) is 0 Å². The number of rotatable bonds is 5. The van der Waals surface area contributed by atoms with Crippen molar-refractivity contribution in [3.8, 4) is 5.69 Å². The van der Waals surface area contributed by atoms with Crippen LogP contribution in [-0.4, -0.2) is 15.3 Å². The maximum absolute atomic E-state index is 4.12. The summed E-state index contributed by atoms with van der Waals surface area (Å²) >= 11 is 1.89. The van der Waals surface area contributed by atoms with Crippen LogP contribution < -0.4 is 0 Å². The van der Waals surface area contributed by atoms with E-state index in [9.17, 15) is 0 Å². The Labute approximate surface area is 123 Å². The lowest BCUT2D eigenvalue weighted by molar-refractivity contribution is 1.02. The Balaban J connectivity index is 1.69. The minimum absolute atomic E-state index is 1.08. The second kappa shape index (κ2) is 6.44. The van der Waals surface area contributed by atoms with Gasteiger partial charge < -0.3 is 4.57 Å². The van der Waals surface area contributed by atoms with Gasteiger partial charge in [-0.05, 0) is 24.1 Å². The number of hydrogen-bond donors (Lipinski definition) is 0. The minimum atomic E-state index is 1.08. The molecule has 0 aliphatic carbocycles. The molecule has 0 spiro atoms. The summed E-state index contributed by atoms with van der Waals surface area (Å²) in [6, 6.07) is 19.1. The van der Waals surface area contributed by atoms with Gasteiger partial charge in [0.25, 0.3) is 0 Å². The first kappa shape index (κ1) is 13.0. The van der Waals surface area contributed by atoms with E-state index in [0.717, 1.165) is 12.2 Å². The smallest absolute Gasteiger partial charge is 0.0992 e. The molecular formula is C17H16N2S. The van der Waals surface area contributed by atoms with Gasteiger partial charge in [-0.3, -0.25) is 0 Å². The van der Waals surface area contributed by atoms with E-state index in [1.54, 1.807) is 0 Å². The summed E-state index contributed by atoms with van der Waals surface area (Å²) in [4.78, 5) is 5.41. The van der Waals surface area contributed by atoms with Crippen LogP contribution in [0.1, 0.15) is 5.56 Å². The van der Waals surface area contributed by atoms with E-state index < -0.39 is 0 Å². The van der Waals surface area contributed by atoms with Crippen LogP contribution >= 0.6 is 11.8 Å². The Morgan fingerprint density at radius 3 is 2.55 bits per heavy atom. The van der Waals surface area contributed by atoms with Crippen molar-refractivity contribution in [1.29, 1.82) is 0 Å². The van der Waals surface area contributed by atoms with Crippen molar-refractivity contribution in [2.24, 2.45) is 0 Å². The summed E-state index contributed by atoms with van der Waals surface area (Å²) < 4.78 is 2.06. The Morgan fingerprint density at radius 1 is 0.950 bits per heavy atom. The van der Waals surface area contributed by atoms with Crippen molar-refractivity contribution in [3.05, 3.63) is 78.9 Å². The molecule has 20 heavy (non-hydrogen) atoms. The van der Waals surface area contributed by atoms with Gasteiger partial charge in [-0.25, -0.2) is 4.98 Å². The number of aryl methyl sites for hydroxylation is 1. The summed E-state index contributed by atoms with van der Waals surface area (Å²) in [5.74, 6) is 1.08. The van der Waals surface area contributed by atoms with Gasteiger partial charge in [-0.15, -0.1) is 11.8 Å². The van der Waals surface area contributed by atoms with Gasteiger partial charge in [0.1, 0.15) is 0 Å². The number of nitrogens with zero attached hydrogens (tertiary/aromatic N) is 2. The molecule has 0 N–H and O–H groups in total. The average Bonchev–Trinajstić information content (AvgIpc) is 3.03. The van der Waals surface area contributed by atoms with E-state index >= 15 is 0 Å². The van der Waals surface area contributed by atoms with Crippen LogP contribution in [0.5, 0.6) is 0 Å². The molecule has 0 aliphatic heterocycles. The van der Waals surface area contributed by atoms with E-state index in [1.807, 2.05) is 30.5 Å². The third-order valence-electron chi connectivity index (χ3n) is 3.14. The second-order valence-corrected chi connectivity index (χ2v) is 5.66. The molecule has 1 heterocycles. The van der Waals surface area contributed by atoms with Crippen LogP contribution in [0, 0.1) is 0 Å². The monoisotopic (exact) mass is 280 g/mol. The number of benzene rings is 2. The summed E-state index contributed by atoms with van der Waals surface area (Å²) in [5, 5.41) is 0. The topological polar surface area (TPSA) is 17.8 Å². The zero-order valence-electron chi connectivity index (χ0n) is 11.1. The first-order chi connectivity index (χ1) is 9.93. The molecule has 100 valence electrons. The molecule has 2 aromatic carbocycles. The lowest BCUT2D eigenvalue weighted by Gasteiger charge is -2.09. The van der Waals surface area contributed by atoms with Crippen LogP contribution in [0.3, 0.4) is 0 Å². The molecule has 0 radical (unpaired) electrons. The molecule has 1 aromatic heterocycles. The number of imidazole rings is 1. The summed E-state index contributed by atoms with van der Waals surface area (Å²) in [6.45, 7) is 0. The van der Waals surface area contributed by atoms with E-state index in [2.05, 4.69) is 64.1 Å². The van der Waals surface area contributed by atoms with Crippen molar-refractivity contribution in [2.45, 2.75) is 11.3 Å². The molecule has 2 nitrogen and oxygen atoms in total. The highest BCUT2D eigenvalue weighted by atomic mass is 32.2. The van der Waals surface area contributed by atoms with Gasteiger partial charge in [0.05, 0.1) is 12.0 Å². The Bertz CT molecular complexity index is 648. The lowest BCUT2D eigenvalue weighted by atomic mass is 10.2. The zero-order chi connectivity index (χ0) is 13.6. The molecular weight excluding hydrogens is 264 g/mol. The molecule has 0 unspecified atom stereocenters. The van der Waals surface area contributed by atoms with E-state index in [4.69, 9.17) is 0 Å². The van der Waals surface area contributed by atoms with Gasteiger partial charge in [0.2, 0.25) is 0 Å². The van der Waals surface area contributed by atoms with Crippen molar-refractivity contribution >= 4 is 11.8 Å². The fourth-order valence-corrected chi connectivity index (χ4v) is 3.17. The Morgan fingerprint density at radius 2 is 1.75 bits per heavy atom. The standard InChI is InChI=1S/C17H16N2S/c1-2-6-15(7-3-1)10-13-20-17-9-5-4-8-16(17)19-12-11-18-14-19/h1-9,11-12,14H,10,13H2. The Kier molecular flexibility index (Phi) is 4.19. The summed E-state index contributed by atoms with van der Waals surface area (Å²) in [7, 11) is 0. The maximum Gasteiger partial charge on any atom is 0.0992 e. The van der Waals surface area contributed by atoms with E-state index in [0.29, 0.717) is 0 Å². The SMILES string of the molecule is c1ccc(CCSc2ccccc2-n2ccnc2)cc1. The summed E-state index contributed by atoms with van der Waals surface area (Å²) in [6.07, 6.45) is 6.72. The molecule has 0 saturated heterocycles. The highest BCUT2D eigenvalue weighted by molar-refractivity contribution is 7.99. The normalized spacial score (nSPS) is 10.6. The number of para-hydroxylation sites is 1. The zero-order valence-corrected chi connectivity index (χ0v) is 12.0. The van der Waals surface area contributed by atoms with Crippen LogP contribution in [-0.2, 0) is 6.42 Å². The Hall–Kier alpha value is -2.00. The highest BCUT2D eigenvalue weighted by Gasteiger charge is 2.04. The van der Waals surface area contributed by atoms with Crippen LogP contribution in [0.2, 0.25) is 0 Å². The number of hydrogen-bond acceptors (Lipinski definition) is 2. The molecule has 0 saturated carbocycles. The van der Waals surface area contributed by atoms with Crippen LogP contribution in [0.4, 0.5) is 0 Å². The second-order valence-electron chi connectivity index (χ2n) is 4.52. The van der Waals surface area contributed by atoms with Gasteiger partial charge in [-0.1, -0.05) is 42.5 Å². The highest BCUT2D eigenvalue weighted by Crippen LogP contribution is 2.26. The van der Waals surface area contributed by atoms with Gasteiger partial charge in [0, 0.05) is 23.0 Å². The number of thioether (sulfide) groups is 1. The molecule has 0 aliphatic rings. The quantitative estimate of drug-likeness (QED) is 0.652. The molecule has 3 rings (SSSR count). The van der Waals surface area contributed by atoms with Gasteiger partial charge >= 0.3 is 0 Å². The fraction of sp³-hybridized carbons (Fsp3) is 0.118. The first-order valence-corrected chi connectivity index (χ1v) is 7.66. The van der Waals surface area contributed by atoms with E-state index in [1.165, 1.54) is 16.1 Å². The molecule has 0 amide bonds. The minimum Gasteiger partial charge on any atom is -0.305 e. The maximum atomic E-state index is 4.12. The molecule has 0 bridgehead atoms.